The Balaban J connectivity index is 2.18. The molecule has 6 heteroatoms. The highest BCUT2D eigenvalue weighted by Gasteiger charge is 2.08. The average molecular weight is 245 g/mol. The number of ether oxygens (including phenoxy) is 1. The quantitative estimate of drug-likeness (QED) is 0.591. The molecule has 0 saturated carbocycles. The molecule has 0 aliphatic carbocycles. The highest BCUT2D eigenvalue weighted by Crippen LogP contribution is 2.03. The van der Waals surface area contributed by atoms with Gasteiger partial charge in [0.15, 0.2) is 6.29 Å². The predicted molar refractivity (Wildman–Crippen MR) is 62.3 cm³/mol. The maximum atomic E-state index is 11.3. The first kappa shape index (κ1) is 12.0. The molecule has 0 aliphatic heterocycles. The molecule has 2 heterocycles. The number of carbonyl (C=O) groups is 2. The van der Waals surface area contributed by atoms with Crippen LogP contribution in [0.15, 0.2) is 30.5 Å². The molecule has 0 atom stereocenters. The first-order valence-corrected chi connectivity index (χ1v) is 5.26. The molecule has 2 aromatic rings. The van der Waals surface area contributed by atoms with Crippen molar-refractivity contribution in [3.63, 3.8) is 0 Å². The van der Waals surface area contributed by atoms with Crippen molar-refractivity contribution in [2.24, 2.45) is 0 Å². The third-order valence-corrected chi connectivity index (χ3v) is 2.31. The van der Waals surface area contributed by atoms with Crippen molar-refractivity contribution in [1.82, 2.24) is 14.8 Å². The summed E-state index contributed by atoms with van der Waals surface area (Å²) >= 11 is 0. The third kappa shape index (κ3) is 2.60. The summed E-state index contributed by atoms with van der Waals surface area (Å²) in [5.74, 6) is -0.481. The molecule has 2 aromatic heterocycles. The molecule has 0 N–H and O–H groups in total. The first-order valence-electron chi connectivity index (χ1n) is 5.26. The van der Waals surface area contributed by atoms with Crippen LogP contribution >= 0.6 is 0 Å². The monoisotopic (exact) mass is 245 g/mol. The number of hydrogen-bond donors (Lipinski definition) is 0. The van der Waals surface area contributed by atoms with Crippen molar-refractivity contribution < 1.29 is 14.3 Å². The average Bonchev–Trinajstić information content (AvgIpc) is 2.86. The van der Waals surface area contributed by atoms with Gasteiger partial charge in [0.1, 0.15) is 11.4 Å². The lowest BCUT2D eigenvalue weighted by Crippen LogP contribution is -2.08. The standard InChI is InChI=1S/C12H11N3O3/c1-18-12(17)11-4-2-3-9(13-11)7-15-6-5-10(8-16)14-15/h2-6,8H,7H2,1H3. The number of carbonyl (C=O) groups excluding carboxylic acids is 2. The van der Waals surface area contributed by atoms with Crippen LogP contribution in [0.1, 0.15) is 26.7 Å². The van der Waals surface area contributed by atoms with Gasteiger partial charge in [0, 0.05) is 6.20 Å². The number of esters is 1. The maximum absolute atomic E-state index is 11.3. The number of rotatable bonds is 4. The topological polar surface area (TPSA) is 74.1 Å². The lowest BCUT2D eigenvalue weighted by Gasteiger charge is -2.03. The van der Waals surface area contributed by atoms with Crippen LogP contribution in [0.25, 0.3) is 0 Å². The van der Waals surface area contributed by atoms with Gasteiger partial charge in [0.2, 0.25) is 0 Å². The molecular weight excluding hydrogens is 234 g/mol. The van der Waals surface area contributed by atoms with Gasteiger partial charge < -0.3 is 4.74 Å². The summed E-state index contributed by atoms with van der Waals surface area (Å²) < 4.78 is 6.17. The van der Waals surface area contributed by atoms with Gasteiger partial charge in [-0.15, -0.1) is 0 Å². The number of hydrogen-bond acceptors (Lipinski definition) is 5. The molecule has 0 aromatic carbocycles. The Bertz CT molecular complexity index is 577. The molecule has 0 fully saturated rings. The Morgan fingerprint density at radius 2 is 2.28 bits per heavy atom. The highest BCUT2D eigenvalue weighted by molar-refractivity contribution is 5.87. The van der Waals surface area contributed by atoms with Crippen LogP contribution in [0.5, 0.6) is 0 Å². The van der Waals surface area contributed by atoms with E-state index in [2.05, 4.69) is 14.8 Å². The summed E-state index contributed by atoms with van der Waals surface area (Å²) in [7, 11) is 1.31. The fourth-order valence-corrected chi connectivity index (χ4v) is 1.48. The van der Waals surface area contributed by atoms with Crippen molar-refractivity contribution in [3.05, 3.63) is 47.5 Å². The highest BCUT2D eigenvalue weighted by atomic mass is 16.5. The summed E-state index contributed by atoms with van der Waals surface area (Å²) in [6, 6.07) is 6.68. The smallest absolute Gasteiger partial charge is 0.356 e. The zero-order valence-electron chi connectivity index (χ0n) is 9.74. The van der Waals surface area contributed by atoms with E-state index in [1.165, 1.54) is 7.11 Å². The van der Waals surface area contributed by atoms with Crippen molar-refractivity contribution in [2.75, 3.05) is 7.11 Å². The number of methoxy groups -OCH3 is 1. The molecule has 92 valence electrons. The molecule has 6 nitrogen and oxygen atoms in total. The van der Waals surface area contributed by atoms with E-state index in [9.17, 15) is 9.59 Å². The Kier molecular flexibility index (Phi) is 3.47. The lowest BCUT2D eigenvalue weighted by molar-refractivity contribution is 0.0593. The van der Waals surface area contributed by atoms with E-state index in [0.717, 1.165) is 0 Å². The fraction of sp³-hybridized carbons (Fsp3) is 0.167. The summed E-state index contributed by atoms with van der Waals surface area (Å²) in [6.07, 6.45) is 2.35. The predicted octanol–water partition coefficient (Wildman–Crippen LogP) is 0.925. The maximum Gasteiger partial charge on any atom is 0.356 e. The van der Waals surface area contributed by atoms with E-state index < -0.39 is 5.97 Å². The van der Waals surface area contributed by atoms with E-state index in [1.807, 2.05) is 0 Å². The SMILES string of the molecule is COC(=O)c1cccc(Cn2ccc(C=O)n2)n1. The number of aromatic nitrogens is 3. The second-order valence-corrected chi connectivity index (χ2v) is 3.56. The van der Waals surface area contributed by atoms with E-state index in [-0.39, 0.29) is 5.69 Å². The van der Waals surface area contributed by atoms with Gasteiger partial charge in [0.25, 0.3) is 0 Å². The number of nitrogens with zero attached hydrogens (tertiary/aromatic N) is 3. The molecule has 0 saturated heterocycles. The van der Waals surface area contributed by atoms with Crippen LogP contribution in [0, 0.1) is 0 Å². The second kappa shape index (κ2) is 5.22. The largest absolute Gasteiger partial charge is 0.464 e. The molecule has 0 bridgehead atoms. The molecule has 0 unspecified atom stereocenters. The van der Waals surface area contributed by atoms with Gasteiger partial charge >= 0.3 is 5.97 Å². The van der Waals surface area contributed by atoms with Gasteiger partial charge in [-0.2, -0.15) is 5.10 Å². The van der Waals surface area contributed by atoms with E-state index in [0.29, 0.717) is 24.2 Å². The molecule has 0 amide bonds. The fourth-order valence-electron chi connectivity index (χ4n) is 1.48. The van der Waals surface area contributed by atoms with Crippen LogP contribution in [0.2, 0.25) is 0 Å². The van der Waals surface area contributed by atoms with Gasteiger partial charge in [-0.25, -0.2) is 9.78 Å². The van der Waals surface area contributed by atoms with E-state index in [4.69, 9.17) is 0 Å². The van der Waals surface area contributed by atoms with Crippen LogP contribution in [0.4, 0.5) is 0 Å². The zero-order valence-corrected chi connectivity index (χ0v) is 9.74. The minimum Gasteiger partial charge on any atom is -0.464 e. The Morgan fingerprint density at radius 1 is 1.44 bits per heavy atom. The van der Waals surface area contributed by atoms with Gasteiger partial charge in [-0.1, -0.05) is 6.07 Å². The normalized spacial score (nSPS) is 10.1. The summed E-state index contributed by atoms with van der Waals surface area (Å²) in [5.41, 5.74) is 1.27. The van der Waals surface area contributed by atoms with Crippen molar-refractivity contribution in [2.45, 2.75) is 6.54 Å². The first-order chi connectivity index (χ1) is 8.72. The molecule has 0 radical (unpaired) electrons. The minimum atomic E-state index is -0.481. The van der Waals surface area contributed by atoms with E-state index >= 15 is 0 Å². The summed E-state index contributed by atoms with van der Waals surface area (Å²) in [5, 5.41) is 4.01. The van der Waals surface area contributed by atoms with Gasteiger partial charge in [-0.05, 0) is 18.2 Å². The van der Waals surface area contributed by atoms with Crippen LogP contribution < -0.4 is 0 Å². The summed E-state index contributed by atoms with van der Waals surface area (Å²) in [4.78, 5) is 26.0. The lowest BCUT2D eigenvalue weighted by atomic mass is 10.3. The zero-order chi connectivity index (χ0) is 13.0. The Labute approximate surface area is 103 Å². The van der Waals surface area contributed by atoms with Crippen molar-refractivity contribution in [3.8, 4) is 0 Å². The number of pyridine rings is 1. The third-order valence-electron chi connectivity index (χ3n) is 2.31. The van der Waals surface area contributed by atoms with Gasteiger partial charge in [-0.3, -0.25) is 9.48 Å². The van der Waals surface area contributed by atoms with Crippen molar-refractivity contribution >= 4 is 12.3 Å². The van der Waals surface area contributed by atoms with Gasteiger partial charge in [0.05, 0.1) is 19.3 Å². The van der Waals surface area contributed by atoms with E-state index in [1.54, 1.807) is 35.1 Å². The molecule has 0 spiro atoms. The molecule has 0 aliphatic rings. The molecule has 2 rings (SSSR count). The molecule has 18 heavy (non-hydrogen) atoms. The minimum absolute atomic E-state index is 0.248. The Hall–Kier alpha value is -2.50. The van der Waals surface area contributed by atoms with Crippen LogP contribution in [-0.2, 0) is 11.3 Å². The Morgan fingerprint density at radius 3 is 2.94 bits per heavy atom. The number of aldehydes is 1. The van der Waals surface area contributed by atoms with Crippen molar-refractivity contribution in [1.29, 1.82) is 0 Å². The molecular formula is C12H11N3O3. The summed E-state index contributed by atoms with van der Waals surface area (Å²) in [6.45, 7) is 0.388. The van der Waals surface area contributed by atoms with Crippen LogP contribution in [-0.4, -0.2) is 34.1 Å². The van der Waals surface area contributed by atoms with Crippen LogP contribution in [0.3, 0.4) is 0 Å². The second-order valence-electron chi connectivity index (χ2n) is 3.56.